The van der Waals surface area contributed by atoms with Crippen molar-refractivity contribution >= 4 is 0 Å². The Bertz CT molecular complexity index is 1120. The molecular formula is C30H36O9. The minimum atomic E-state index is -1.46. The zero-order chi connectivity index (χ0) is 27.6. The van der Waals surface area contributed by atoms with E-state index in [0.29, 0.717) is 6.61 Å². The molecule has 0 unspecified atom stereocenters. The monoisotopic (exact) mass is 540 g/mol. The van der Waals surface area contributed by atoms with Crippen molar-refractivity contribution in [2.75, 3.05) is 27.9 Å². The molecule has 1 aliphatic heterocycles. The highest BCUT2D eigenvalue weighted by Crippen LogP contribution is 2.28. The fourth-order valence-electron chi connectivity index (χ4n) is 4.28. The smallest absolute Gasteiger partial charge is 0.184 e. The molecule has 3 aromatic rings. The van der Waals surface area contributed by atoms with Crippen molar-refractivity contribution in [3.63, 3.8) is 0 Å². The molecule has 0 bridgehead atoms. The molecule has 210 valence electrons. The van der Waals surface area contributed by atoms with Gasteiger partial charge < -0.3 is 43.4 Å². The van der Waals surface area contributed by atoms with Gasteiger partial charge in [0.25, 0.3) is 0 Å². The third-order valence-electron chi connectivity index (χ3n) is 6.55. The van der Waals surface area contributed by atoms with E-state index in [4.69, 9.17) is 33.2 Å². The molecule has 9 heteroatoms. The van der Waals surface area contributed by atoms with Crippen LogP contribution in [0.1, 0.15) is 16.7 Å². The average Bonchev–Trinajstić information content (AvgIpc) is 2.98. The number of rotatable bonds is 13. The lowest BCUT2D eigenvalue weighted by molar-refractivity contribution is -0.307. The number of aliphatic hydroxyl groups is 2. The van der Waals surface area contributed by atoms with Crippen molar-refractivity contribution < 1.29 is 43.4 Å². The van der Waals surface area contributed by atoms with Gasteiger partial charge in [-0.2, -0.15) is 0 Å². The number of ether oxygens (including phenoxy) is 7. The molecule has 1 saturated heterocycles. The van der Waals surface area contributed by atoms with E-state index in [-0.39, 0.29) is 19.8 Å². The molecule has 0 aromatic heterocycles. The molecular weight excluding hydrogens is 504 g/mol. The van der Waals surface area contributed by atoms with Crippen LogP contribution < -0.4 is 14.2 Å². The second-order valence-electron chi connectivity index (χ2n) is 9.17. The molecule has 0 amide bonds. The zero-order valence-electron chi connectivity index (χ0n) is 22.4. The zero-order valence-corrected chi connectivity index (χ0v) is 22.4. The summed E-state index contributed by atoms with van der Waals surface area (Å²) in [6.45, 7) is 0.870. The van der Waals surface area contributed by atoms with Crippen LogP contribution in [0.4, 0.5) is 0 Å². The molecule has 0 aliphatic carbocycles. The molecule has 9 nitrogen and oxygen atoms in total. The first-order valence-electron chi connectivity index (χ1n) is 12.7. The van der Waals surface area contributed by atoms with Gasteiger partial charge in [-0.1, -0.05) is 36.4 Å². The lowest BCUT2D eigenvalue weighted by Gasteiger charge is -2.42. The fourth-order valence-corrected chi connectivity index (χ4v) is 4.28. The Hall–Kier alpha value is -3.18. The predicted octanol–water partition coefficient (Wildman–Crippen LogP) is 3.48. The van der Waals surface area contributed by atoms with E-state index in [1.54, 1.807) is 21.3 Å². The SMILES string of the molecule is COc1ccc(COC[C@H]2O[C@@H](O)[C@H](O)[C@@H](OCc3ccc(OC)cc3)[C@@H]2OCc2ccc(OC)cc2)cc1. The molecule has 1 heterocycles. The summed E-state index contributed by atoms with van der Waals surface area (Å²) in [4.78, 5) is 0. The second-order valence-corrected chi connectivity index (χ2v) is 9.17. The van der Waals surface area contributed by atoms with Crippen molar-refractivity contribution in [1.29, 1.82) is 0 Å². The van der Waals surface area contributed by atoms with Crippen LogP contribution in [0.25, 0.3) is 0 Å². The molecule has 1 aliphatic rings. The van der Waals surface area contributed by atoms with Gasteiger partial charge in [0.1, 0.15) is 41.7 Å². The van der Waals surface area contributed by atoms with Crippen LogP contribution in [0.2, 0.25) is 0 Å². The number of benzene rings is 3. The van der Waals surface area contributed by atoms with E-state index in [2.05, 4.69) is 0 Å². The molecule has 2 N–H and O–H groups in total. The van der Waals surface area contributed by atoms with Crippen LogP contribution in [0.5, 0.6) is 17.2 Å². The van der Waals surface area contributed by atoms with Gasteiger partial charge in [-0.3, -0.25) is 0 Å². The Kier molecular flexibility index (Phi) is 10.5. The summed E-state index contributed by atoms with van der Waals surface area (Å²) >= 11 is 0. The number of hydrogen-bond acceptors (Lipinski definition) is 9. The summed E-state index contributed by atoms with van der Waals surface area (Å²) in [5, 5.41) is 21.3. The maximum absolute atomic E-state index is 10.8. The lowest BCUT2D eigenvalue weighted by atomic mass is 9.98. The van der Waals surface area contributed by atoms with Crippen molar-refractivity contribution in [3.8, 4) is 17.2 Å². The van der Waals surface area contributed by atoms with Crippen molar-refractivity contribution in [1.82, 2.24) is 0 Å². The van der Waals surface area contributed by atoms with Gasteiger partial charge >= 0.3 is 0 Å². The quantitative estimate of drug-likeness (QED) is 0.337. The minimum absolute atomic E-state index is 0.117. The first-order chi connectivity index (χ1) is 19.0. The Morgan fingerprint density at radius 1 is 0.590 bits per heavy atom. The second kappa shape index (κ2) is 14.3. The normalized spacial score (nSPS) is 22.8. The van der Waals surface area contributed by atoms with Crippen molar-refractivity contribution in [3.05, 3.63) is 89.5 Å². The van der Waals surface area contributed by atoms with Gasteiger partial charge in [-0.05, 0) is 53.1 Å². The fraction of sp³-hybridized carbons (Fsp3) is 0.400. The summed E-state index contributed by atoms with van der Waals surface area (Å²) in [5.41, 5.74) is 2.74. The Morgan fingerprint density at radius 3 is 1.44 bits per heavy atom. The van der Waals surface area contributed by atoms with Crippen LogP contribution >= 0.6 is 0 Å². The van der Waals surface area contributed by atoms with Crippen LogP contribution in [0, 0.1) is 0 Å². The molecule has 0 radical (unpaired) electrons. The summed E-state index contributed by atoms with van der Waals surface area (Å²) in [7, 11) is 4.83. The minimum Gasteiger partial charge on any atom is -0.497 e. The standard InChI is InChI=1S/C30H36O9/c1-33-23-10-4-20(5-11-23)16-36-19-26-28(37-17-21-6-12-24(34-2)13-7-21)29(27(31)30(32)39-26)38-18-22-8-14-25(35-3)15-9-22/h4-15,26-32H,16-19H2,1-3H3/t26-,27-,28-,29-,30-/m1/s1. The number of methoxy groups -OCH3 is 3. The van der Waals surface area contributed by atoms with Crippen LogP contribution in [0.15, 0.2) is 72.8 Å². The average molecular weight is 541 g/mol. The molecule has 0 saturated carbocycles. The third-order valence-corrected chi connectivity index (χ3v) is 6.55. The van der Waals surface area contributed by atoms with Crippen LogP contribution in [-0.2, 0) is 38.8 Å². The topological polar surface area (TPSA) is 105 Å². The molecule has 3 aromatic carbocycles. The van der Waals surface area contributed by atoms with Crippen LogP contribution in [-0.4, -0.2) is 68.9 Å². The van der Waals surface area contributed by atoms with Gasteiger partial charge in [0.2, 0.25) is 0 Å². The van der Waals surface area contributed by atoms with E-state index in [9.17, 15) is 10.2 Å². The Labute approximate surface area is 228 Å². The highest BCUT2D eigenvalue weighted by molar-refractivity contribution is 5.28. The summed E-state index contributed by atoms with van der Waals surface area (Å²) < 4.78 is 39.7. The maximum Gasteiger partial charge on any atom is 0.184 e. The third kappa shape index (κ3) is 7.92. The molecule has 4 rings (SSSR count). The van der Waals surface area contributed by atoms with Gasteiger partial charge in [0.05, 0.1) is 47.8 Å². The molecule has 1 fully saturated rings. The molecule has 39 heavy (non-hydrogen) atoms. The summed E-state index contributed by atoms with van der Waals surface area (Å²) in [6.07, 6.45) is -5.06. The van der Waals surface area contributed by atoms with E-state index >= 15 is 0 Å². The van der Waals surface area contributed by atoms with Gasteiger partial charge in [0.15, 0.2) is 6.29 Å². The maximum atomic E-state index is 10.8. The predicted molar refractivity (Wildman–Crippen MR) is 143 cm³/mol. The van der Waals surface area contributed by atoms with Gasteiger partial charge in [-0.15, -0.1) is 0 Å². The van der Waals surface area contributed by atoms with E-state index in [1.807, 2.05) is 72.8 Å². The highest BCUT2D eigenvalue weighted by atomic mass is 16.7. The van der Waals surface area contributed by atoms with E-state index < -0.39 is 30.7 Å². The van der Waals surface area contributed by atoms with Gasteiger partial charge in [-0.25, -0.2) is 0 Å². The van der Waals surface area contributed by atoms with Crippen molar-refractivity contribution in [2.45, 2.75) is 50.5 Å². The Balaban J connectivity index is 1.46. The molecule has 0 spiro atoms. The first-order valence-corrected chi connectivity index (χ1v) is 12.7. The van der Waals surface area contributed by atoms with E-state index in [0.717, 1.165) is 33.9 Å². The number of aliphatic hydroxyl groups excluding tert-OH is 2. The first kappa shape index (κ1) is 28.8. The summed E-state index contributed by atoms with van der Waals surface area (Å²) in [6, 6.07) is 22.5. The summed E-state index contributed by atoms with van der Waals surface area (Å²) in [5.74, 6) is 2.23. The largest absolute Gasteiger partial charge is 0.497 e. The Morgan fingerprint density at radius 2 is 1.00 bits per heavy atom. The van der Waals surface area contributed by atoms with Gasteiger partial charge in [0, 0.05) is 0 Å². The van der Waals surface area contributed by atoms with Crippen LogP contribution in [0.3, 0.4) is 0 Å². The highest BCUT2D eigenvalue weighted by Gasteiger charge is 2.46. The number of hydrogen-bond donors (Lipinski definition) is 2. The molecule has 5 atom stereocenters. The lowest BCUT2D eigenvalue weighted by Crippen LogP contribution is -2.60. The van der Waals surface area contributed by atoms with E-state index in [1.165, 1.54) is 0 Å². The van der Waals surface area contributed by atoms with Crippen molar-refractivity contribution in [2.24, 2.45) is 0 Å².